The third kappa shape index (κ3) is 6.25. The molecule has 0 amide bonds. The minimum Gasteiger partial charge on any atom is -0.387 e. The first kappa shape index (κ1) is 27.0. The Bertz CT molecular complexity index is 1340. The summed E-state index contributed by atoms with van der Waals surface area (Å²) in [6.07, 6.45) is -5.63. The lowest BCUT2D eigenvalue weighted by Crippen LogP contribution is -2.31. The third-order valence-electron chi connectivity index (χ3n) is 5.14. The van der Waals surface area contributed by atoms with Crippen molar-refractivity contribution in [2.24, 2.45) is 0 Å². The zero-order valence-corrected chi connectivity index (χ0v) is 20.6. The molecule has 1 saturated heterocycles. The Hall–Kier alpha value is -2.06. The average molecular weight is 570 g/mol. The minimum absolute atomic E-state index is 0.0485. The normalized spacial score (nSPS) is 24.2. The van der Waals surface area contributed by atoms with Crippen LogP contribution < -0.4 is 5.32 Å². The highest BCUT2D eigenvalue weighted by Gasteiger charge is 2.47. The molecule has 5 atom stereocenters. The van der Waals surface area contributed by atoms with Crippen LogP contribution in [0, 0.1) is 5.82 Å². The Kier molecular flexibility index (Phi) is 7.77. The Morgan fingerprint density at radius 2 is 1.89 bits per heavy atom. The van der Waals surface area contributed by atoms with Crippen molar-refractivity contribution in [2.75, 3.05) is 17.8 Å². The van der Waals surface area contributed by atoms with Gasteiger partial charge in [0, 0.05) is 6.54 Å². The van der Waals surface area contributed by atoms with Crippen LogP contribution in [0.3, 0.4) is 0 Å². The number of aliphatic hydroxyl groups excluding tert-OH is 1. The van der Waals surface area contributed by atoms with Crippen LogP contribution in [-0.4, -0.2) is 70.2 Å². The lowest BCUT2D eigenvalue weighted by atomic mass is 10.1. The summed E-state index contributed by atoms with van der Waals surface area (Å²) in [5.74, 6) is -1.64. The van der Waals surface area contributed by atoms with Crippen LogP contribution in [0.2, 0.25) is 5.28 Å². The van der Waals surface area contributed by atoms with Crippen molar-refractivity contribution in [1.82, 2.24) is 19.5 Å². The number of alkyl halides is 1. The van der Waals surface area contributed by atoms with Crippen molar-refractivity contribution in [3.8, 4) is 0 Å². The fourth-order valence-corrected chi connectivity index (χ4v) is 6.25. The molecule has 1 aliphatic heterocycles. The predicted molar refractivity (Wildman–Crippen MR) is 122 cm³/mol. The van der Waals surface area contributed by atoms with E-state index < -0.39 is 58.1 Å². The van der Waals surface area contributed by atoms with E-state index in [1.807, 2.05) is 0 Å². The summed E-state index contributed by atoms with van der Waals surface area (Å²) in [6, 6.07) is 5.71. The molecule has 2 aromatic heterocycles. The van der Waals surface area contributed by atoms with Crippen molar-refractivity contribution >= 4 is 43.8 Å². The number of aliphatic hydroxyl groups is 1. The SMILES string of the molecule is O=P(O)(O)CP(=O)(O)OC[C@H]1O[C@@H](n2cnc3c(NCc4ccc(F)cc4)nc(Cl)nc32)[C@@H](F)[C@@H]1O. The second-order valence-corrected chi connectivity index (χ2v) is 12.2. The maximum absolute atomic E-state index is 15.0. The molecule has 0 saturated carbocycles. The summed E-state index contributed by atoms with van der Waals surface area (Å²) in [5, 5.41) is 13.0. The van der Waals surface area contributed by atoms with Gasteiger partial charge in [0.1, 0.15) is 18.0 Å². The molecule has 0 radical (unpaired) electrons. The van der Waals surface area contributed by atoms with Crippen LogP contribution in [0.15, 0.2) is 30.6 Å². The topological polar surface area (TPSA) is 189 Å². The maximum atomic E-state index is 15.0. The van der Waals surface area contributed by atoms with Gasteiger partial charge in [-0.1, -0.05) is 12.1 Å². The number of benzene rings is 1. The van der Waals surface area contributed by atoms with Gasteiger partial charge >= 0.3 is 15.2 Å². The van der Waals surface area contributed by atoms with E-state index in [2.05, 4.69) is 24.8 Å². The van der Waals surface area contributed by atoms with Crippen molar-refractivity contribution in [2.45, 2.75) is 31.2 Å². The van der Waals surface area contributed by atoms with Gasteiger partial charge in [-0.05, 0) is 29.3 Å². The number of hydrogen-bond acceptors (Lipinski definition) is 9. The Morgan fingerprint density at radius 1 is 1.19 bits per heavy atom. The lowest BCUT2D eigenvalue weighted by molar-refractivity contribution is -0.0425. The first-order valence-electron chi connectivity index (χ1n) is 10.2. The molecule has 0 aliphatic carbocycles. The molecule has 1 aromatic carbocycles. The fourth-order valence-electron chi connectivity index (χ4n) is 3.52. The molecular weight excluding hydrogens is 550 g/mol. The number of nitrogens with one attached hydrogen (secondary N) is 1. The highest BCUT2D eigenvalue weighted by Crippen LogP contribution is 2.55. The van der Waals surface area contributed by atoms with Gasteiger partial charge in [-0.25, -0.2) is 13.8 Å². The second kappa shape index (κ2) is 10.4. The Morgan fingerprint density at radius 3 is 2.56 bits per heavy atom. The van der Waals surface area contributed by atoms with E-state index in [4.69, 9.17) is 26.1 Å². The standard InChI is InChI=1S/C18H20ClF2N5O8P2/c19-18-24-15(22-5-9-1-3-10(20)4-2-9)13-16(25-18)26(7-23-13)17-12(21)14(27)11(34-17)6-33-36(31,32)8-35(28,29)30/h1-4,7,11-12,14,17,27H,5-6,8H2,(H,31,32)(H,22,24,25)(H2,28,29,30)/t11-,12+,14-,17-/m1/s1. The lowest BCUT2D eigenvalue weighted by Gasteiger charge is -2.18. The Balaban J connectivity index is 1.52. The van der Waals surface area contributed by atoms with Gasteiger partial charge in [-0.3, -0.25) is 13.7 Å². The highest BCUT2D eigenvalue weighted by atomic mass is 35.5. The van der Waals surface area contributed by atoms with Crippen LogP contribution in [0.5, 0.6) is 0 Å². The zero-order chi connectivity index (χ0) is 26.3. The molecule has 0 bridgehead atoms. The summed E-state index contributed by atoms with van der Waals surface area (Å²) in [5.41, 5.74) is 0.966. The minimum atomic E-state index is -4.87. The molecule has 18 heteroatoms. The first-order chi connectivity index (χ1) is 16.8. The number of hydrogen-bond donors (Lipinski definition) is 5. The molecular formula is C18H20ClF2N5O8P2. The molecule has 36 heavy (non-hydrogen) atoms. The van der Waals surface area contributed by atoms with Gasteiger partial charge in [0.25, 0.3) is 0 Å². The van der Waals surface area contributed by atoms with Gasteiger partial charge in [0.05, 0.1) is 12.9 Å². The summed E-state index contributed by atoms with van der Waals surface area (Å²) in [7, 11) is -9.61. The van der Waals surface area contributed by atoms with Gasteiger partial charge in [-0.15, -0.1) is 0 Å². The van der Waals surface area contributed by atoms with Crippen LogP contribution in [-0.2, 0) is 24.9 Å². The zero-order valence-electron chi connectivity index (χ0n) is 18.1. The highest BCUT2D eigenvalue weighted by molar-refractivity contribution is 7.70. The molecule has 0 spiro atoms. The van der Waals surface area contributed by atoms with E-state index in [1.54, 1.807) is 12.1 Å². The molecule has 3 heterocycles. The van der Waals surface area contributed by atoms with E-state index in [1.165, 1.54) is 18.5 Å². The van der Waals surface area contributed by atoms with Crippen molar-refractivity contribution < 1.29 is 47.0 Å². The average Bonchev–Trinajstić information content (AvgIpc) is 3.31. The molecule has 1 fully saturated rings. The van der Waals surface area contributed by atoms with E-state index in [0.717, 1.165) is 10.1 Å². The molecule has 1 unspecified atom stereocenters. The maximum Gasteiger partial charge on any atom is 0.340 e. The smallest absolute Gasteiger partial charge is 0.340 e. The largest absolute Gasteiger partial charge is 0.387 e. The van der Waals surface area contributed by atoms with Crippen molar-refractivity contribution in [3.63, 3.8) is 0 Å². The number of halogens is 3. The molecule has 13 nitrogen and oxygen atoms in total. The molecule has 3 aromatic rings. The number of ether oxygens (including phenoxy) is 1. The molecule has 196 valence electrons. The van der Waals surface area contributed by atoms with Gasteiger partial charge < -0.3 is 34.4 Å². The summed E-state index contributed by atoms with van der Waals surface area (Å²) >= 11 is 6.03. The second-order valence-electron chi connectivity index (χ2n) is 7.88. The van der Waals surface area contributed by atoms with Gasteiger partial charge in [0.15, 0.2) is 35.3 Å². The summed E-state index contributed by atoms with van der Waals surface area (Å²) in [4.78, 5) is 39.6. The van der Waals surface area contributed by atoms with Crippen LogP contribution in [0.25, 0.3) is 11.2 Å². The number of nitrogens with zero attached hydrogens (tertiary/aromatic N) is 4. The van der Waals surface area contributed by atoms with Crippen LogP contribution >= 0.6 is 26.8 Å². The number of rotatable bonds is 9. The van der Waals surface area contributed by atoms with Crippen molar-refractivity contribution in [1.29, 1.82) is 0 Å². The van der Waals surface area contributed by atoms with E-state index >= 15 is 0 Å². The van der Waals surface area contributed by atoms with Crippen LogP contribution in [0.1, 0.15) is 11.8 Å². The first-order valence-corrected chi connectivity index (χ1v) is 14.1. The molecule has 1 aliphatic rings. The van der Waals surface area contributed by atoms with Gasteiger partial charge in [0.2, 0.25) is 5.28 Å². The predicted octanol–water partition coefficient (Wildman–Crippen LogP) is 2.16. The van der Waals surface area contributed by atoms with Crippen LogP contribution in [0.4, 0.5) is 14.6 Å². The Labute approximate surface area is 206 Å². The fraction of sp³-hybridized carbons (Fsp3) is 0.389. The van der Waals surface area contributed by atoms with E-state index in [9.17, 15) is 27.9 Å². The monoisotopic (exact) mass is 569 g/mol. The number of anilines is 1. The van der Waals surface area contributed by atoms with Gasteiger partial charge in [-0.2, -0.15) is 9.97 Å². The number of fused-ring (bicyclic) bond motifs is 1. The third-order valence-corrected chi connectivity index (χ3v) is 8.76. The van der Waals surface area contributed by atoms with Crippen molar-refractivity contribution in [3.05, 3.63) is 47.3 Å². The number of aromatic nitrogens is 4. The molecule has 5 N–H and O–H groups in total. The molecule has 4 rings (SSSR count). The summed E-state index contributed by atoms with van der Waals surface area (Å²) in [6.45, 7) is -0.589. The van der Waals surface area contributed by atoms with E-state index in [0.29, 0.717) is 0 Å². The quantitative estimate of drug-likeness (QED) is 0.187. The van der Waals surface area contributed by atoms with E-state index in [-0.39, 0.29) is 28.8 Å². The summed E-state index contributed by atoms with van der Waals surface area (Å²) < 4.78 is 62.2. The number of imidazole rings is 1.